The quantitative estimate of drug-likeness (QED) is 0.459. The van der Waals surface area contributed by atoms with Gasteiger partial charge in [0.05, 0.1) is 0 Å². The second-order valence-corrected chi connectivity index (χ2v) is 2.63. The summed E-state index contributed by atoms with van der Waals surface area (Å²) in [6, 6.07) is 0. The average Bonchev–Trinajstić information content (AvgIpc) is 1.41. The molecule has 0 amide bonds. The maximum absolute atomic E-state index is 7.95. The second-order valence-electron chi connectivity index (χ2n) is 0.506. The Kier molecular flexibility index (Phi) is 4.91. The molecule has 0 aliphatic rings. The molecular formula is C2H6AsO2. The van der Waals surface area contributed by atoms with Gasteiger partial charge in [0.25, 0.3) is 0 Å². The van der Waals surface area contributed by atoms with Gasteiger partial charge in [-0.05, 0) is 0 Å². The molecule has 0 aromatic carbocycles. The molecule has 0 rings (SSSR count). The predicted octanol–water partition coefficient (Wildman–Crippen LogP) is -1.41. The first-order valence-corrected chi connectivity index (χ1v) is 3.92. The molecular weight excluding hydrogens is 131 g/mol. The third kappa shape index (κ3) is 4.48. The van der Waals surface area contributed by atoms with E-state index in [9.17, 15) is 0 Å². The SMILES string of the molecule is OC[As]CO. The van der Waals surface area contributed by atoms with Crippen LogP contribution in [0.1, 0.15) is 0 Å². The zero-order chi connectivity index (χ0) is 4.12. The number of aliphatic hydroxyl groups is 2. The van der Waals surface area contributed by atoms with Crippen molar-refractivity contribution in [1.82, 2.24) is 0 Å². The van der Waals surface area contributed by atoms with Crippen molar-refractivity contribution in [3.05, 3.63) is 0 Å². The Labute approximate surface area is 37.5 Å². The minimum absolute atomic E-state index is 0.146. The molecule has 0 aromatic heterocycles. The van der Waals surface area contributed by atoms with E-state index in [1.165, 1.54) is 0 Å². The van der Waals surface area contributed by atoms with Crippen LogP contribution in [0.2, 0.25) is 0 Å². The summed E-state index contributed by atoms with van der Waals surface area (Å²) >= 11 is -0.146. The molecule has 2 nitrogen and oxygen atoms in total. The average molecular weight is 137 g/mol. The molecule has 31 valence electrons. The van der Waals surface area contributed by atoms with E-state index in [1.807, 2.05) is 0 Å². The van der Waals surface area contributed by atoms with Gasteiger partial charge in [0.15, 0.2) is 0 Å². The summed E-state index contributed by atoms with van der Waals surface area (Å²) in [4.78, 5) is 0. The van der Waals surface area contributed by atoms with E-state index in [2.05, 4.69) is 0 Å². The van der Waals surface area contributed by atoms with E-state index < -0.39 is 0 Å². The van der Waals surface area contributed by atoms with Crippen LogP contribution in [0.5, 0.6) is 0 Å². The first-order valence-electron chi connectivity index (χ1n) is 1.26. The molecule has 0 spiro atoms. The van der Waals surface area contributed by atoms with Crippen molar-refractivity contribution in [2.24, 2.45) is 0 Å². The number of hydrogen-bond donors (Lipinski definition) is 2. The fourth-order valence-electron chi connectivity index (χ4n) is 0.0447. The van der Waals surface area contributed by atoms with E-state index in [4.69, 9.17) is 10.2 Å². The van der Waals surface area contributed by atoms with Crippen LogP contribution >= 0.6 is 0 Å². The Morgan fingerprint density at radius 3 is 1.60 bits per heavy atom. The fourth-order valence-corrected chi connectivity index (χ4v) is 0.232. The summed E-state index contributed by atoms with van der Waals surface area (Å²) < 4.78 is 0. The molecule has 0 saturated carbocycles. The molecule has 1 radical (unpaired) electrons. The van der Waals surface area contributed by atoms with Gasteiger partial charge in [-0.2, -0.15) is 0 Å². The minimum atomic E-state index is -0.146. The van der Waals surface area contributed by atoms with E-state index in [-0.39, 0.29) is 26.5 Å². The fraction of sp³-hybridized carbons (Fsp3) is 1.00. The Morgan fingerprint density at radius 2 is 1.60 bits per heavy atom. The van der Waals surface area contributed by atoms with Crippen LogP contribution in [0, 0.1) is 0 Å². The maximum atomic E-state index is 7.95. The Bertz CT molecular complexity index is 15.1. The molecule has 0 heterocycles. The molecule has 0 fully saturated rings. The Hall–Kier alpha value is 0.478. The molecule has 2 N–H and O–H groups in total. The molecule has 0 atom stereocenters. The zero-order valence-electron chi connectivity index (χ0n) is 2.76. The van der Waals surface area contributed by atoms with Gasteiger partial charge in [-0.25, -0.2) is 0 Å². The summed E-state index contributed by atoms with van der Waals surface area (Å²) in [6.07, 6.45) is 0. The van der Waals surface area contributed by atoms with Gasteiger partial charge in [-0.15, -0.1) is 0 Å². The van der Waals surface area contributed by atoms with Gasteiger partial charge in [0.1, 0.15) is 0 Å². The van der Waals surface area contributed by atoms with Crippen molar-refractivity contribution < 1.29 is 10.2 Å². The first-order chi connectivity index (χ1) is 2.41. The summed E-state index contributed by atoms with van der Waals surface area (Å²) in [7, 11) is 0. The molecule has 5 heavy (non-hydrogen) atoms. The van der Waals surface area contributed by atoms with Crippen LogP contribution in [-0.2, 0) is 0 Å². The first kappa shape index (κ1) is 5.48. The van der Waals surface area contributed by atoms with E-state index in [1.54, 1.807) is 0 Å². The third-order valence-corrected chi connectivity index (χ3v) is 1.04. The number of aliphatic hydroxyl groups excluding tert-OH is 2. The van der Waals surface area contributed by atoms with Gasteiger partial charge < -0.3 is 0 Å². The van der Waals surface area contributed by atoms with Crippen molar-refractivity contribution in [2.45, 2.75) is 0 Å². The summed E-state index contributed by atoms with van der Waals surface area (Å²) in [6.45, 7) is 0. The Balaban J connectivity index is 2.19. The molecule has 0 unspecified atom stereocenters. The summed E-state index contributed by atoms with van der Waals surface area (Å²) in [5.41, 5.74) is 0. The van der Waals surface area contributed by atoms with Gasteiger partial charge in [0.2, 0.25) is 0 Å². The molecule has 0 aromatic rings. The zero-order valence-corrected chi connectivity index (χ0v) is 4.63. The monoisotopic (exact) mass is 137 g/mol. The van der Waals surface area contributed by atoms with Gasteiger partial charge in [-0.1, -0.05) is 0 Å². The van der Waals surface area contributed by atoms with Gasteiger partial charge in [-0.3, -0.25) is 0 Å². The molecule has 3 heteroatoms. The van der Waals surface area contributed by atoms with Crippen molar-refractivity contribution in [2.75, 3.05) is 10.8 Å². The molecule has 0 bridgehead atoms. The van der Waals surface area contributed by atoms with Gasteiger partial charge in [0, 0.05) is 0 Å². The van der Waals surface area contributed by atoms with Crippen LogP contribution in [0.15, 0.2) is 0 Å². The van der Waals surface area contributed by atoms with Crippen molar-refractivity contribution >= 4 is 15.8 Å². The van der Waals surface area contributed by atoms with E-state index >= 15 is 0 Å². The van der Waals surface area contributed by atoms with Crippen LogP contribution in [-0.4, -0.2) is 36.8 Å². The number of hydrogen-bond acceptors (Lipinski definition) is 2. The predicted molar refractivity (Wildman–Crippen MR) is 19.9 cm³/mol. The summed E-state index contributed by atoms with van der Waals surface area (Å²) in [5, 5.41) is 16.3. The topological polar surface area (TPSA) is 40.5 Å². The van der Waals surface area contributed by atoms with E-state index in [0.717, 1.165) is 0 Å². The van der Waals surface area contributed by atoms with Crippen LogP contribution < -0.4 is 0 Å². The molecule has 0 aliphatic carbocycles. The third-order valence-electron chi connectivity index (χ3n) is 0.200. The standard InChI is InChI=1S/C2H6AsO2/c4-1-3-2-5/h4-5H,1-2H2. The van der Waals surface area contributed by atoms with Crippen LogP contribution in [0.3, 0.4) is 0 Å². The Morgan fingerprint density at radius 1 is 1.20 bits per heavy atom. The van der Waals surface area contributed by atoms with Gasteiger partial charge >= 0.3 is 36.8 Å². The second kappa shape index (κ2) is 4.48. The number of rotatable bonds is 2. The molecule has 0 saturated heterocycles. The van der Waals surface area contributed by atoms with Crippen molar-refractivity contribution in [3.63, 3.8) is 0 Å². The van der Waals surface area contributed by atoms with E-state index in [0.29, 0.717) is 0 Å². The van der Waals surface area contributed by atoms with Crippen molar-refractivity contribution in [1.29, 1.82) is 0 Å². The van der Waals surface area contributed by atoms with Crippen molar-refractivity contribution in [3.8, 4) is 0 Å². The normalized spacial score (nSPS) is 8.40. The van der Waals surface area contributed by atoms with Crippen LogP contribution in [0.25, 0.3) is 0 Å². The van der Waals surface area contributed by atoms with Crippen LogP contribution in [0.4, 0.5) is 0 Å². The molecule has 0 aliphatic heterocycles. The summed E-state index contributed by atoms with van der Waals surface area (Å²) in [5.74, 6) is 0.